The summed E-state index contributed by atoms with van der Waals surface area (Å²) in [6, 6.07) is 0. The predicted octanol–water partition coefficient (Wildman–Crippen LogP) is 2.97. The van der Waals surface area contributed by atoms with E-state index in [0.29, 0.717) is 11.1 Å². The van der Waals surface area contributed by atoms with Crippen LogP contribution in [0.1, 0.15) is 47.6 Å². The number of hydrogen-bond donors (Lipinski definition) is 1. The monoisotopic (exact) mass is 434 g/mol. The number of halogens is 1. The van der Waals surface area contributed by atoms with Gasteiger partial charge in [-0.15, -0.1) is 0 Å². The predicted molar refractivity (Wildman–Crippen MR) is 104 cm³/mol. The summed E-state index contributed by atoms with van der Waals surface area (Å²) in [6.07, 6.45) is 0.571. The number of allylic oxidation sites excluding steroid dienone is 1. The van der Waals surface area contributed by atoms with Crippen molar-refractivity contribution in [1.29, 1.82) is 0 Å². The Labute approximate surface area is 176 Å². The Bertz CT molecular complexity index is 1110. The minimum atomic E-state index is -1.49. The van der Waals surface area contributed by atoms with E-state index in [2.05, 4.69) is 10.1 Å². The van der Waals surface area contributed by atoms with Crippen molar-refractivity contribution in [1.82, 2.24) is 10.1 Å². The maximum absolute atomic E-state index is 13.5. The summed E-state index contributed by atoms with van der Waals surface area (Å²) in [5.41, 5.74) is -0.513. The third-order valence-corrected chi connectivity index (χ3v) is 5.69. The minimum Gasteiger partial charge on any atom is -0.496 e. The molecule has 2 heterocycles. The van der Waals surface area contributed by atoms with Gasteiger partial charge < -0.3 is 23.8 Å². The number of aliphatic hydroxyl groups excluding tert-OH is 1. The van der Waals surface area contributed by atoms with Gasteiger partial charge in [-0.1, -0.05) is 16.8 Å². The van der Waals surface area contributed by atoms with Crippen LogP contribution in [0.5, 0.6) is 11.5 Å². The molecule has 0 fully saturated rings. The molecule has 1 aliphatic carbocycles. The Morgan fingerprint density at radius 2 is 2.00 bits per heavy atom. The quantitative estimate of drug-likeness (QED) is 0.773. The number of fused-ring (bicyclic) bond motifs is 1. The number of ether oxygens (including phenoxy) is 3. The van der Waals surface area contributed by atoms with Crippen LogP contribution in [0.3, 0.4) is 0 Å². The molecule has 0 saturated carbocycles. The van der Waals surface area contributed by atoms with E-state index in [1.165, 1.54) is 27.2 Å². The van der Waals surface area contributed by atoms with Crippen LogP contribution >= 0.6 is 11.6 Å². The normalized spacial score (nSPS) is 21.3. The van der Waals surface area contributed by atoms with Gasteiger partial charge in [0.15, 0.2) is 23.1 Å². The number of methoxy groups -OCH3 is 2. The SMILES string of the molecule is COC1=CC(=O)CC[C@]12Oc1c(Cl)c(-c3nc(C(C)O)no3)c(C)c(OC)c1C2=O. The number of benzene rings is 1. The number of rotatable bonds is 4. The van der Waals surface area contributed by atoms with Crippen LogP contribution in [-0.4, -0.2) is 46.6 Å². The van der Waals surface area contributed by atoms with E-state index >= 15 is 0 Å². The summed E-state index contributed by atoms with van der Waals surface area (Å²) >= 11 is 6.65. The lowest BCUT2D eigenvalue weighted by atomic mass is 9.83. The standard InChI is InChI=1S/C20H19ClN2O7/c1-8-12(19-22-18(9(2)24)23-30-19)14(21)16-13(15(8)28-4)17(26)20(29-16)6-5-10(25)7-11(20)27-3/h7,9,24H,5-6H2,1-4H3/t9?,20-/m0/s1. The van der Waals surface area contributed by atoms with E-state index < -0.39 is 17.5 Å². The molecule has 0 bridgehead atoms. The molecule has 2 aromatic rings. The van der Waals surface area contributed by atoms with Gasteiger partial charge in [0.05, 0.1) is 24.8 Å². The number of nitrogens with zero attached hydrogens (tertiary/aromatic N) is 2. The molecule has 0 amide bonds. The van der Waals surface area contributed by atoms with Gasteiger partial charge in [0.2, 0.25) is 11.4 Å². The van der Waals surface area contributed by atoms with Crippen molar-refractivity contribution in [2.45, 2.75) is 38.4 Å². The third kappa shape index (κ3) is 2.73. The number of hydrogen-bond acceptors (Lipinski definition) is 9. The fraction of sp³-hybridized carbons (Fsp3) is 0.400. The molecule has 1 spiro atoms. The van der Waals surface area contributed by atoms with Crippen LogP contribution < -0.4 is 9.47 Å². The molecule has 30 heavy (non-hydrogen) atoms. The number of aliphatic hydroxyl groups is 1. The summed E-state index contributed by atoms with van der Waals surface area (Å²) in [6.45, 7) is 3.20. The Kier molecular flexibility index (Phi) is 4.82. The van der Waals surface area contributed by atoms with E-state index in [4.69, 9.17) is 30.3 Å². The van der Waals surface area contributed by atoms with Gasteiger partial charge in [-0.3, -0.25) is 9.59 Å². The van der Waals surface area contributed by atoms with E-state index in [1.807, 2.05) is 0 Å². The fourth-order valence-electron chi connectivity index (χ4n) is 3.84. The first-order valence-corrected chi connectivity index (χ1v) is 9.57. The van der Waals surface area contributed by atoms with Crippen molar-refractivity contribution in [3.8, 4) is 23.0 Å². The fourth-order valence-corrected chi connectivity index (χ4v) is 4.20. The maximum atomic E-state index is 13.5. The van der Waals surface area contributed by atoms with Gasteiger partial charge in [0.25, 0.3) is 5.89 Å². The number of ketones is 2. The van der Waals surface area contributed by atoms with Gasteiger partial charge in [0, 0.05) is 24.5 Å². The topological polar surface area (TPSA) is 121 Å². The van der Waals surface area contributed by atoms with Crippen molar-refractivity contribution in [3.63, 3.8) is 0 Å². The van der Waals surface area contributed by atoms with Crippen molar-refractivity contribution in [3.05, 3.63) is 33.8 Å². The molecule has 4 rings (SSSR count). The van der Waals surface area contributed by atoms with Crippen molar-refractivity contribution < 1.29 is 33.4 Å². The average molecular weight is 435 g/mol. The lowest BCUT2D eigenvalue weighted by Gasteiger charge is -2.31. The molecule has 10 heteroatoms. The second kappa shape index (κ2) is 7.10. The van der Waals surface area contributed by atoms with Crippen LogP contribution in [0.25, 0.3) is 11.5 Å². The Morgan fingerprint density at radius 1 is 1.27 bits per heavy atom. The van der Waals surface area contributed by atoms with Crippen LogP contribution in [0.15, 0.2) is 16.4 Å². The summed E-state index contributed by atoms with van der Waals surface area (Å²) in [7, 11) is 2.79. The maximum Gasteiger partial charge on any atom is 0.260 e. The van der Waals surface area contributed by atoms with Gasteiger partial charge in [-0.25, -0.2) is 0 Å². The summed E-state index contributed by atoms with van der Waals surface area (Å²) < 4.78 is 22.2. The molecule has 0 saturated heterocycles. The van der Waals surface area contributed by atoms with Crippen LogP contribution in [0.2, 0.25) is 5.02 Å². The van der Waals surface area contributed by atoms with E-state index in [9.17, 15) is 14.7 Å². The molecule has 1 N–H and O–H groups in total. The molecular formula is C20H19ClN2O7. The lowest BCUT2D eigenvalue weighted by Crippen LogP contribution is -2.45. The molecule has 1 aromatic heterocycles. The first kappa shape index (κ1) is 20.4. The molecule has 1 unspecified atom stereocenters. The number of aromatic nitrogens is 2. The highest BCUT2D eigenvalue weighted by Gasteiger charge is 2.56. The largest absolute Gasteiger partial charge is 0.496 e. The minimum absolute atomic E-state index is 0.0489. The summed E-state index contributed by atoms with van der Waals surface area (Å²) in [5.74, 6) is 0.0321. The number of carbonyl (C=O) groups is 2. The van der Waals surface area contributed by atoms with E-state index in [0.717, 1.165) is 0 Å². The first-order chi connectivity index (χ1) is 14.2. The zero-order valence-electron chi connectivity index (χ0n) is 16.7. The second-order valence-corrected chi connectivity index (χ2v) is 7.50. The Hall–Kier alpha value is -2.91. The zero-order valence-corrected chi connectivity index (χ0v) is 17.5. The van der Waals surface area contributed by atoms with Gasteiger partial charge in [-0.2, -0.15) is 4.98 Å². The van der Waals surface area contributed by atoms with Gasteiger partial charge in [0.1, 0.15) is 17.4 Å². The highest BCUT2D eigenvalue weighted by molar-refractivity contribution is 6.36. The van der Waals surface area contributed by atoms with Crippen molar-refractivity contribution in [2.24, 2.45) is 0 Å². The Morgan fingerprint density at radius 3 is 2.60 bits per heavy atom. The molecule has 2 aliphatic rings. The van der Waals surface area contributed by atoms with Gasteiger partial charge in [-0.05, 0) is 13.8 Å². The highest BCUT2D eigenvalue weighted by atomic mass is 35.5. The Balaban J connectivity index is 1.94. The first-order valence-electron chi connectivity index (χ1n) is 9.20. The third-order valence-electron chi connectivity index (χ3n) is 5.33. The molecule has 0 radical (unpaired) electrons. The summed E-state index contributed by atoms with van der Waals surface area (Å²) in [4.78, 5) is 29.5. The van der Waals surface area contributed by atoms with Crippen molar-refractivity contribution in [2.75, 3.05) is 14.2 Å². The molecule has 9 nitrogen and oxygen atoms in total. The smallest absolute Gasteiger partial charge is 0.260 e. The highest BCUT2D eigenvalue weighted by Crippen LogP contribution is 2.54. The lowest BCUT2D eigenvalue weighted by molar-refractivity contribution is -0.116. The van der Waals surface area contributed by atoms with Crippen LogP contribution in [-0.2, 0) is 9.53 Å². The number of carbonyl (C=O) groups excluding carboxylic acids is 2. The summed E-state index contributed by atoms with van der Waals surface area (Å²) in [5, 5.41) is 13.5. The van der Waals surface area contributed by atoms with Crippen LogP contribution in [0.4, 0.5) is 0 Å². The molecule has 158 valence electrons. The van der Waals surface area contributed by atoms with Gasteiger partial charge >= 0.3 is 0 Å². The van der Waals surface area contributed by atoms with E-state index in [-0.39, 0.29) is 58.2 Å². The molecule has 2 atom stereocenters. The molecule has 1 aliphatic heterocycles. The molecule has 1 aromatic carbocycles. The molecular weight excluding hydrogens is 416 g/mol. The zero-order chi connectivity index (χ0) is 21.8. The second-order valence-electron chi connectivity index (χ2n) is 7.12. The number of Topliss-reactive ketones (excluding diaryl/α,β-unsaturated/α-hetero) is 1. The average Bonchev–Trinajstić information content (AvgIpc) is 3.30. The van der Waals surface area contributed by atoms with Crippen molar-refractivity contribution >= 4 is 23.2 Å². The van der Waals surface area contributed by atoms with E-state index in [1.54, 1.807) is 6.92 Å². The van der Waals surface area contributed by atoms with Crippen LogP contribution in [0, 0.1) is 6.92 Å².